The van der Waals surface area contributed by atoms with Gasteiger partial charge in [0.1, 0.15) is 6.10 Å². The van der Waals surface area contributed by atoms with Crippen LogP contribution >= 0.6 is 0 Å². The number of aryl methyl sites for hydroxylation is 1. The number of hydrogen-bond acceptors (Lipinski definition) is 3. The molecule has 1 aliphatic heterocycles. The Balaban J connectivity index is 1.56. The zero-order chi connectivity index (χ0) is 15.5. The highest BCUT2D eigenvalue weighted by Crippen LogP contribution is 2.31. The van der Waals surface area contributed by atoms with Gasteiger partial charge in [-0.15, -0.1) is 0 Å². The smallest absolute Gasteiger partial charge is 0.246 e. The molecule has 0 aromatic heterocycles. The van der Waals surface area contributed by atoms with E-state index in [1.54, 1.807) is 0 Å². The second kappa shape index (κ2) is 6.48. The maximum Gasteiger partial charge on any atom is 0.246 e. The Morgan fingerprint density at radius 3 is 2.82 bits per heavy atom. The molecule has 118 valence electrons. The van der Waals surface area contributed by atoms with E-state index in [1.165, 1.54) is 5.56 Å². The Morgan fingerprint density at radius 2 is 2.05 bits per heavy atom. The number of fused-ring (bicyclic) bond motifs is 1. The van der Waals surface area contributed by atoms with Gasteiger partial charge in [-0.2, -0.15) is 0 Å². The van der Waals surface area contributed by atoms with E-state index in [1.807, 2.05) is 18.2 Å². The molecule has 2 amide bonds. The summed E-state index contributed by atoms with van der Waals surface area (Å²) < 4.78 is 5.54. The Labute approximate surface area is 130 Å². The van der Waals surface area contributed by atoms with Crippen LogP contribution < -0.4 is 11.1 Å². The van der Waals surface area contributed by atoms with E-state index in [0.29, 0.717) is 13.0 Å². The van der Waals surface area contributed by atoms with Crippen molar-refractivity contribution in [1.82, 2.24) is 5.32 Å². The molecule has 0 radical (unpaired) electrons. The van der Waals surface area contributed by atoms with Gasteiger partial charge in [-0.25, -0.2) is 0 Å². The first kappa shape index (κ1) is 15.0. The van der Waals surface area contributed by atoms with Crippen molar-refractivity contribution in [3.63, 3.8) is 0 Å². The molecule has 5 nitrogen and oxygen atoms in total. The average Bonchev–Trinajstić information content (AvgIpc) is 3.01. The first-order valence-corrected chi connectivity index (χ1v) is 7.95. The molecule has 22 heavy (non-hydrogen) atoms. The molecule has 0 unspecified atom stereocenters. The third-order valence-electron chi connectivity index (χ3n) is 4.61. The lowest BCUT2D eigenvalue weighted by atomic mass is 9.82. The summed E-state index contributed by atoms with van der Waals surface area (Å²) in [5, 5.41) is 2.98. The van der Waals surface area contributed by atoms with E-state index >= 15 is 0 Å². The maximum atomic E-state index is 12.5. The van der Waals surface area contributed by atoms with Crippen molar-refractivity contribution in [3.8, 4) is 0 Å². The Morgan fingerprint density at radius 1 is 1.23 bits per heavy atom. The van der Waals surface area contributed by atoms with Gasteiger partial charge in [0.05, 0.1) is 12.0 Å². The first-order valence-electron chi connectivity index (χ1n) is 7.95. The van der Waals surface area contributed by atoms with Gasteiger partial charge >= 0.3 is 0 Å². The van der Waals surface area contributed by atoms with Crippen LogP contribution in [-0.4, -0.2) is 30.6 Å². The minimum absolute atomic E-state index is 0.0540. The van der Waals surface area contributed by atoms with E-state index in [9.17, 15) is 9.59 Å². The van der Waals surface area contributed by atoms with Gasteiger partial charge in [-0.1, -0.05) is 24.3 Å². The van der Waals surface area contributed by atoms with Gasteiger partial charge in [-0.3, -0.25) is 9.59 Å². The van der Waals surface area contributed by atoms with Crippen LogP contribution in [0.4, 0.5) is 0 Å². The second-order valence-electron chi connectivity index (χ2n) is 6.12. The average molecular weight is 302 g/mol. The summed E-state index contributed by atoms with van der Waals surface area (Å²) in [6, 6.07) is 8.16. The van der Waals surface area contributed by atoms with Crippen molar-refractivity contribution < 1.29 is 14.3 Å². The topological polar surface area (TPSA) is 81.4 Å². The summed E-state index contributed by atoms with van der Waals surface area (Å²) in [5.41, 5.74) is 7.66. The number of carbonyl (C=O) groups is 2. The van der Waals surface area contributed by atoms with Crippen molar-refractivity contribution in [1.29, 1.82) is 0 Å². The van der Waals surface area contributed by atoms with Crippen LogP contribution in [0.3, 0.4) is 0 Å². The Hall–Kier alpha value is -1.88. The van der Waals surface area contributed by atoms with E-state index in [2.05, 4.69) is 11.4 Å². The van der Waals surface area contributed by atoms with Crippen LogP contribution in [-0.2, 0) is 20.7 Å². The third-order valence-corrected chi connectivity index (χ3v) is 4.61. The number of ether oxygens (including phenoxy) is 1. The van der Waals surface area contributed by atoms with Gasteiger partial charge < -0.3 is 15.8 Å². The standard InChI is InChI=1S/C17H22N2O3/c18-16(20)15-9-8-12(22-15)10-19-17(21)14-7-3-5-11-4-1-2-6-13(11)14/h1-2,4,6,12,14-15H,3,5,7-10H2,(H2,18,20)(H,19,21)/t12-,14+,15+/m1/s1. The molecule has 1 saturated heterocycles. The van der Waals surface area contributed by atoms with Crippen molar-refractivity contribution >= 4 is 11.8 Å². The third kappa shape index (κ3) is 3.14. The lowest BCUT2D eigenvalue weighted by molar-refractivity contribution is -0.129. The van der Waals surface area contributed by atoms with Crippen molar-refractivity contribution in [2.75, 3.05) is 6.54 Å². The monoisotopic (exact) mass is 302 g/mol. The predicted octanol–water partition coefficient (Wildman–Crippen LogP) is 1.26. The van der Waals surface area contributed by atoms with Gasteiger partial charge in [0.15, 0.2) is 0 Å². The zero-order valence-electron chi connectivity index (χ0n) is 12.6. The van der Waals surface area contributed by atoms with E-state index < -0.39 is 12.0 Å². The molecule has 3 rings (SSSR count). The number of hydrogen-bond donors (Lipinski definition) is 2. The summed E-state index contributed by atoms with van der Waals surface area (Å²) in [5.74, 6) is -0.438. The maximum absolute atomic E-state index is 12.5. The Bertz CT molecular complexity index is 573. The fourth-order valence-electron chi connectivity index (χ4n) is 3.43. The fourth-order valence-corrected chi connectivity index (χ4v) is 3.43. The van der Waals surface area contributed by atoms with Gasteiger partial charge in [-0.05, 0) is 43.2 Å². The molecule has 1 aromatic rings. The summed E-state index contributed by atoms with van der Waals surface area (Å²) in [6.07, 6.45) is 3.76. The van der Waals surface area contributed by atoms with Gasteiger partial charge in [0.25, 0.3) is 0 Å². The zero-order valence-corrected chi connectivity index (χ0v) is 12.6. The molecule has 3 atom stereocenters. The first-order chi connectivity index (χ1) is 10.6. The van der Waals surface area contributed by atoms with Crippen LogP contribution in [0.25, 0.3) is 0 Å². The molecule has 5 heteroatoms. The van der Waals surface area contributed by atoms with Crippen LogP contribution in [0.15, 0.2) is 24.3 Å². The van der Waals surface area contributed by atoms with Gasteiger partial charge in [0, 0.05) is 6.54 Å². The number of carbonyl (C=O) groups excluding carboxylic acids is 2. The molecule has 0 bridgehead atoms. The lowest BCUT2D eigenvalue weighted by Crippen LogP contribution is -2.37. The van der Waals surface area contributed by atoms with Crippen molar-refractivity contribution in [2.45, 2.75) is 50.2 Å². The predicted molar refractivity (Wildman–Crippen MR) is 82.2 cm³/mol. The molecule has 2 aliphatic rings. The molecule has 1 aliphatic carbocycles. The van der Waals surface area contributed by atoms with Crippen LogP contribution in [0.2, 0.25) is 0 Å². The lowest BCUT2D eigenvalue weighted by Gasteiger charge is -2.25. The van der Waals surface area contributed by atoms with Crippen LogP contribution in [0.5, 0.6) is 0 Å². The quantitative estimate of drug-likeness (QED) is 0.878. The number of benzene rings is 1. The molecule has 3 N–H and O–H groups in total. The largest absolute Gasteiger partial charge is 0.367 e. The van der Waals surface area contributed by atoms with Crippen LogP contribution in [0, 0.1) is 0 Å². The molecule has 0 spiro atoms. The Kier molecular flexibility index (Phi) is 4.43. The summed E-state index contributed by atoms with van der Waals surface area (Å²) >= 11 is 0. The van der Waals surface area contributed by atoms with E-state index in [0.717, 1.165) is 31.2 Å². The fraction of sp³-hybridized carbons (Fsp3) is 0.529. The molecule has 1 heterocycles. The highest BCUT2D eigenvalue weighted by molar-refractivity contribution is 5.84. The normalized spacial score (nSPS) is 27.2. The van der Waals surface area contributed by atoms with Crippen molar-refractivity contribution in [2.24, 2.45) is 5.73 Å². The van der Waals surface area contributed by atoms with Gasteiger partial charge in [0.2, 0.25) is 11.8 Å². The molecule has 1 fully saturated rings. The SMILES string of the molecule is NC(=O)[C@@H]1CC[C@H](CNC(=O)[C@H]2CCCc3ccccc32)O1. The minimum Gasteiger partial charge on any atom is -0.367 e. The molecule has 1 aromatic carbocycles. The number of nitrogens with two attached hydrogens (primary N) is 1. The summed E-state index contributed by atoms with van der Waals surface area (Å²) in [4.78, 5) is 23.6. The van der Waals surface area contributed by atoms with E-state index in [-0.39, 0.29) is 17.9 Å². The number of rotatable bonds is 4. The number of primary amides is 1. The van der Waals surface area contributed by atoms with Crippen LogP contribution in [0.1, 0.15) is 42.7 Å². The molecule has 0 saturated carbocycles. The number of nitrogens with one attached hydrogen (secondary N) is 1. The minimum atomic E-state index is -0.502. The highest BCUT2D eigenvalue weighted by Gasteiger charge is 2.31. The summed E-state index contributed by atoms with van der Waals surface area (Å²) in [7, 11) is 0. The molecular weight excluding hydrogens is 280 g/mol. The van der Waals surface area contributed by atoms with E-state index in [4.69, 9.17) is 10.5 Å². The van der Waals surface area contributed by atoms with Crippen molar-refractivity contribution in [3.05, 3.63) is 35.4 Å². The second-order valence-corrected chi connectivity index (χ2v) is 6.12. The molecular formula is C17H22N2O3. The highest BCUT2D eigenvalue weighted by atomic mass is 16.5. The number of amides is 2. The summed E-state index contributed by atoms with van der Waals surface area (Å²) in [6.45, 7) is 0.446.